The first-order valence-corrected chi connectivity index (χ1v) is 10.8. The number of rotatable bonds is 5. The van der Waals surface area contributed by atoms with Gasteiger partial charge in [0.05, 0.1) is 0 Å². The molecule has 0 aliphatic carbocycles. The van der Waals surface area contributed by atoms with Crippen LogP contribution in [0.15, 0.2) is 35.7 Å². The molecular formula is C21H25N3O4S. The minimum absolute atomic E-state index is 0.403. The summed E-state index contributed by atoms with van der Waals surface area (Å²) < 4.78 is 10.9. The number of nitrogens with zero attached hydrogens (tertiary/aromatic N) is 1. The third kappa shape index (κ3) is 5.27. The van der Waals surface area contributed by atoms with E-state index in [-0.39, 0.29) is 0 Å². The van der Waals surface area contributed by atoms with Crippen molar-refractivity contribution in [3.05, 3.63) is 40.6 Å². The van der Waals surface area contributed by atoms with E-state index in [2.05, 4.69) is 33.0 Å². The fourth-order valence-electron chi connectivity index (χ4n) is 3.60. The van der Waals surface area contributed by atoms with Crippen LogP contribution in [0.5, 0.6) is 11.5 Å². The standard InChI is InChI=1S/C21H25N3O4S/c25-20(21(26)23-16-3-4-18-19(12-16)28-10-9-27-18)22-13-15-5-7-24(8-6-15)14-17-2-1-11-29-17/h1-4,11-12,15H,5-10,13-14H2,(H,22,25)(H,23,26). The molecular weight excluding hydrogens is 390 g/mol. The molecule has 2 N–H and O–H groups in total. The third-order valence-electron chi connectivity index (χ3n) is 5.22. The Morgan fingerprint density at radius 1 is 1.07 bits per heavy atom. The van der Waals surface area contributed by atoms with E-state index in [9.17, 15) is 9.59 Å². The molecule has 0 unspecified atom stereocenters. The predicted octanol–water partition coefficient (Wildman–Crippen LogP) is 2.49. The number of thiophene rings is 1. The second-order valence-electron chi connectivity index (χ2n) is 7.32. The topological polar surface area (TPSA) is 79.9 Å². The Bertz CT molecular complexity index is 848. The first-order valence-electron chi connectivity index (χ1n) is 9.91. The van der Waals surface area contributed by atoms with Crippen molar-refractivity contribution in [2.24, 2.45) is 5.92 Å². The molecule has 0 radical (unpaired) electrons. The molecule has 7 nitrogen and oxygen atoms in total. The molecule has 1 fully saturated rings. The number of likely N-dealkylation sites (tertiary alicyclic amines) is 1. The van der Waals surface area contributed by atoms with Gasteiger partial charge in [-0.3, -0.25) is 14.5 Å². The minimum Gasteiger partial charge on any atom is -0.486 e. The second-order valence-corrected chi connectivity index (χ2v) is 8.35. The lowest BCUT2D eigenvalue weighted by atomic mass is 9.97. The van der Waals surface area contributed by atoms with Crippen molar-refractivity contribution in [3.8, 4) is 11.5 Å². The molecule has 0 atom stereocenters. The number of hydrogen-bond acceptors (Lipinski definition) is 6. The highest BCUT2D eigenvalue weighted by Crippen LogP contribution is 2.32. The lowest BCUT2D eigenvalue weighted by molar-refractivity contribution is -0.136. The number of hydrogen-bond donors (Lipinski definition) is 2. The van der Waals surface area contributed by atoms with E-state index in [4.69, 9.17) is 9.47 Å². The Labute approximate surface area is 174 Å². The normalized spacial score (nSPS) is 17.0. The maximum Gasteiger partial charge on any atom is 0.313 e. The van der Waals surface area contributed by atoms with Gasteiger partial charge < -0.3 is 20.1 Å². The van der Waals surface area contributed by atoms with E-state index in [1.165, 1.54) is 4.88 Å². The van der Waals surface area contributed by atoms with E-state index in [1.807, 2.05) is 0 Å². The van der Waals surface area contributed by atoms with Gasteiger partial charge in [0, 0.05) is 29.7 Å². The number of ether oxygens (including phenoxy) is 2. The van der Waals surface area contributed by atoms with Gasteiger partial charge in [-0.15, -0.1) is 11.3 Å². The molecule has 0 bridgehead atoms. The first-order chi connectivity index (χ1) is 14.2. The van der Waals surface area contributed by atoms with E-state index < -0.39 is 11.8 Å². The van der Waals surface area contributed by atoms with Crippen LogP contribution in [0.3, 0.4) is 0 Å². The lowest BCUT2D eigenvalue weighted by Gasteiger charge is -2.31. The zero-order valence-corrected chi connectivity index (χ0v) is 17.0. The highest BCUT2D eigenvalue weighted by molar-refractivity contribution is 7.09. The fraction of sp³-hybridized carbons (Fsp3) is 0.429. The number of carbonyl (C=O) groups excluding carboxylic acids is 2. The van der Waals surface area contributed by atoms with Crippen LogP contribution < -0.4 is 20.1 Å². The van der Waals surface area contributed by atoms with Gasteiger partial charge in [-0.25, -0.2) is 0 Å². The minimum atomic E-state index is -0.670. The van der Waals surface area contributed by atoms with E-state index in [0.717, 1.165) is 32.5 Å². The lowest BCUT2D eigenvalue weighted by Crippen LogP contribution is -2.41. The SMILES string of the molecule is O=C(NCC1CCN(Cc2cccs2)CC1)C(=O)Nc1ccc2c(c1)OCCO2. The first kappa shape index (κ1) is 19.7. The largest absolute Gasteiger partial charge is 0.486 e. The molecule has 1 aromatic carbocycles. The molecule has 2 amide bonds. The molecule has 29 heavy (non-hydrogen) atoms. The molecule has 0 saturated carbocycles. The van der Waals surface area contributed by atoms with Gasteiger partial charge in [-0.05, 0) is 55.4 Å². The van der Waals surface area contributed by atoms with Crippen molar-refractivity contribution < 1.29 is 19.1 Å². The van der Waals surface area contributed by atoms with Crippen LogP contribution >= 0.6 is 11.3 Å². The molecule has 4 rings (SSSR count). The Hall–Kier alpha value is -2.58. The van der Waals surface area contributed by atoms with Crippen molar-refractivity contribution in [1.29, 1.82) is 0 Å². The molecule has 2 aliphatic heterocycles. The van der Waals surface area contributed by atoms with Gasteiger partial charge in [-0.1, -0.05) is 6.07 Å². The number of nitrogens with one attached hydrogen (secondary N) is 2. The van der Waals surface area contributed by atoms with Gasteiger partial charge in [0.25, 0.3) is 0 Å². The van der Waals surface area contributed by atoms with Crippen molar-refractivity contribution >= 4 is 28.8 Å². The second kappa shape index (κ2) is 9.28. The summed E-state index contributed by atoms with van der Waals surface area (Å²) in [4.78, 5) is 28.2. The summed E-state index contributed by atoms with van der Waals surface area (Å²) in [5.74, 6) is 0.339. The summed E-state index contributed by atoms with van der Waals surface area (Å²) in [7, 11) is 0. The van der Waals surface area contributed by atoms with E-state index in [0.29, 0.717) is 42.9 Å². The zero-order chi connectivity index (χ0) is 20.1. The molecule has 1 aromatic heterocycles. The number of benzene rings is 1. The van der Waals surface area contributed by atoms with Crippen LogP contribution in [-0.2, 0) is 16.1 Å². The van der Waals surface area contributed by atoms with Gasteiger partial charge in [0.15, 0.2) is 11.5 Å². The van der Waals surface area contributed by atoms with Gasteiger partial charge in [0.2, 0.25) is 0 Å². The quantitative estimate of drug-likeness (QED) is 0.734. The molecule has 154 valence electrons. The average Bonchev–Trinajstić information content (AvgIpc) is 3.26. The predicted molar refractivity (Wildman–Crippen MR) is 111 cm³/mol. The summed E-state index contributed by atoms with van der Waals surface area (Å²) in [5, 5.41) is 7.49. The van der Waals surface area contributed by atoms with E-state index in [1.54, 1.807) is 29.5 Å². The number of piperidine rings is 1. The summed E-state index contributed by atoms with van der Waals surface area (Å²) in [6, 6.07) is 9.34. The highest BCUT2D eigenvalue weighted by atomic mass is 32.1. The number of fused-ring (bicyclic) bond motifs is 1. The molecule has 1 saturated heterocycles. The van der Waals surface area contributed by atoms with Crippen LogP contribution in [-0.4, -0.2) is 49.6 Å². The Balaban J connectivity index is 1.19. The van der Waals surface area contributed by atoms with Gasteiger partial charge >= 0.3 is 11.8 Å². The maximum absolute atomic E-state index is 12.2. The maximum atomic E-state index is 12.2. The van der Waals surface area contributed by atoms with Gasteiger partial charge in [0.1, 0.15) is 13.2 Å². The van der Waals surface area contributed by atoms with Crippen LogP contribution in [0.1, 0.15) is 17.7 Å². The van der Waals surface area contributed by atoms with Crippen molar-refractivity contribution in [2.45, 2.75) is 19.4 Å². The van der Waals surface area contributed by atoms with Crippen LogP contribution in [0.4, 0.5) is 5.69 Å². The van der Waals surface area contributed by atoms with Gasteiger partial charge in [-0.2, -0.15) is 0 Å². The number of anilines is 1. The fourth-order valence-corrected chi connectivity index (χ4v) is 4.34. The zero-order valence-electron chi connectivity index (χ0n) is 16.2. The van der Waals surface area contributed by atoms with Crippen LogP contribution in [0.25, 0.3) is 0 Å². The number of carbonyl (C=O) groups is 2. The molecule has 0 spiro atoms. The van der Waals surface area contributed by atoms with Crippen molar-refractivity contribution in [1.82, 2.24) is 10.2 Å². The van der Waals surface area contributed by atoms with Crippen molar-refractivity contribution in [2.75, 3.05) is 38.2 Å². The molecule has 8 heteroatoms. The highest BCUT2D eigenvalue weighted by Gasteiger charge is 2.22. The summed E-state index contributed by atoms with van der Waals surface area (Å²) >= 11 is 1.78. The smallest absolute Gasteiger partial charge is 0.313 e. The Morgan fingerprint density at radius 3 is 2.62 bits per heavy atom. The average molecular weight is 416 g/mol. The summed E-state index contributed by atoms with van der Waals surface area (Å²) in [6.07, 6.45) is 2.05. The van der Waals surface area contributed by atoms with Crippen LogP contribution in [0, 0.1) is 5.92 Å². The Morgan fingerprint density at radius 2 is 1.86 bits per heavy atom. The summed E-state index contributed by atoms with van der Waals surface area (Å²) in [5.41, 5.74) is 0.510. The summed E-state index contributed by atoms with van der Waals surface area (Å²) in [6.45, 7) is 4.53. The van der Waals surface area contributed by atoms with E-state index >= 15 is 0 Å². The molecule has 2 aromatic rings. The molecule has 3 heterocycles. The number of amides is 2. The van der Waals surface area contributed by atoms with Crippen LogP contribution in [0.2, 0.25) is 0 Å². The van der Waals surface area contributed by atoms with Crippen molar-refractivity contribution in [3.63, 3.8) is 0 Å². The Kier molecular flexibility index (Phi) is 6.31. The monoisotopic (exact) mass is 415 g/mol. The molecule has 2 aliphatic rings. The third-order valence-corrected chi connectivity index (χ3v) is 6.09.